The van der Waals surface area contributed by atoms with Crippen LogP contribution in [0.5, 0.6) is 0 Å². The number of hydrogen-bond acceptors (Lipinski definition) is 3. The zero-order chi connectivity index (χ0) is 14.9. The van der Waals surface area contributed by atoms with Crippen LogP contribution in [0, 0.1) is 11.3 Å². The number of nitrogens with zero attached hydrogens (tertiary/aromatic N) is 2. The third-order valence-electron chi connectivity index (χ3n) is 3.71. The lowest BCUT2D eigenvalue weighted by atomic mass is 10.0. The quantitative estimate of drug-likeness (QED) is 0.576. The molecule has 1 N–H and O–H groups in total. The largest absolute Gasteiger partial charge is 0.361 e. The predicted octanol–water partition coefficient (Wildman–Crippen LogP) is 4.83. The first-order valence-electron chi connectivity index (χ1n) is 6.84. The van der Waals surface area contributed by atoms with Gasteiger partial charge < -0.3 is 4.98 Å². The van der Waals surface area contributed by atoms with E-state index in [1.165, 1.54) is 5.56 Å². The molecule has 0 amide bonds. The number of nitrogens with one attached hydrogen (secondary N) is 1. The van der Waals surface area contributed by atoms with Crippen molar-refractivity contribution in [3.05, 3.63) is 65.2 Å². The molecule has 0 bridgehead atoms. The molecular formula is C18H11N3S. The molecule has 0 saturated carbocycles. The summed E-state index contributed by atoms with van der Waals surface area (Å²) in [5, 5.41) is 14.3. The third kappa shape index (κ3) is 2.09. The van der Waals surface area contributed by atoms with Crippen molar-refractivity contribution in [3.63, 3.8) is 0 Å². The molecule has 104 valence electrons. The molecule has 0 spiro atoms. The average Bonchev–Trinajstić information content (AvgIpc) is 3.24. The number of aromatic nitrogens is 2. The van der Waals surface area contributed by atoms with Crippen LogP contribution in [-0.4, -0.2) is 9.97 Å². The van der Waals surface area contributed by atoms with Gasteiger partial charge in [0.1, 0.15) is 0 Å². The van der Waals surface area contributed by atoms with Crippen molar-refractivity contribution in [1.29, 1.82) is 5.26 Å². The van der Waals surface area contributed by atoms with E-state index in [1.807, 2.05) is 36.8 Å². The monoisotopic (exact) mass is 301 g/mol. The minimum absolute atomic E-state index is 0.662. The summed E-state index contributed by atoms with van der Waals surface area (Å²) < 4.78 is 0. The molecule has 4 aromatic rings. The summed E-state index contributed by atoms with van der Waals surface area (Å²) in [7, 11) is 0. The van der Waals surface area contributed by atoms with Crippen molar-refractivity contribution in [2.75, 3.05) is 0 Å². The van der Waals surface area contributed by atoms with Gasteiger partial charge in [0.15, 0.2) is 0 Å². The van der Waals surface area contributed by atoms with Crippen molar-refractivity contribution in [2.45, 2.75) is 0 Å². The van der Waals surface area contributed by atoms with Crippen molar-refractivity contribution < 1.29 is 0 Å². The fourth-order valence-corrected chi connectivity index (χ4v) is 3.27. The fraction of sp³-hybridized carbons (Fsp3) is 0. The lowest BCUT2D eigenvalue weighted by molar-refractivity contribution is 1.33. The molecule has 0 unspecified atom stereocenters. The lowest BCUT2D eigenvalue weighted by Crippen LogP contribution is -1.82. The summed E-state index contributed by atoms with van der Waals surface area (Å²) in [5.41, 5.74) is 6.08. The van der Waals surface area contributed by atoms with Gasteiger partial charge in [-0.25, -0.2) is 0 Å². The summed E-state index contributed by atoms with van der Waals surface area (Å²) in [4.78, 5) is 7.63. The molecule has 0 atom stereocenters. The highest BCUT2D eigenvalue weighted by atomic mass is 32.1. The van der Waals surface area contributed by atoms with Crippen LogP contribution in [0.4, 0.5) is 0 Å². The van der Waals surface area contributed by atoms with Crippen molar-refractivity contribution in [3.8, 4) is 28.3 Å². The number of pyridine rings is 1. The standard InChI is InChI=1S/C18H11N3S/c19-7-12-1-2-18-16(5-12)17(10-21-18)15-6-14(8-20-9-15)13-3-4-22-11-13/h1-6,8-11,21H. The van der Waals surface area contributed by atoms with Crippen molar-refractivity contribution in [1.82, 2.24) is 9.97 Å². The van der Waals surface area contributed by atoms with Crippen LogP contribution in [0.1, 0.15) is 5.56 Å². The number of benzene rings is 1. The summed E-state index contributed by atoms with van der Waals surface area (Å²) in [6.07, 6.45) is 5.71. The third-order valence-corrected chi connectivity index (χ3v) is 4.40. The molecule has 0 radical (unpaired) electrons. The van der Waals surface area contributed by atoms with E-state index in [2.05, 4.69) is 38.9 Å². The van der Waals surface area contributed by atoms with E-state index in [0.29, 0.717) is 5.56 Å². The molecule has 4 rings (SSSR count). The number of aromatic amines is 1. The Morgan fingerprint density at radius 3 is 2.77 bits per heavy atom. The van der Waals surface area contributed by atoms with E-state index in [-0.39, 0.29) is 0 Å². The van der Waals surface area contributed by atoms with Gasteiger partial charge in [-0.3, -0.25) is 4.98 Å². The van der Waals surface area contributed by atoms with Gasteiger partial charge in [-0.2, -0.15) is 16.6 Å². The highest BCUT2D eigenvalue weighted by Gasteiger charge is 2.09. The second kappa shape index (κ2) is 5.14. The van der Waals surface area contributed by atoms with Gasteiger partial charge in [0, 0.05) is 46.2 Å². The smallest absolute Gasteiger partial charge is 0.0991 e. The van der Waals surface area contributed by atoms with Gasteiger partial charge in [-0.15, -0.1) is 0 Å². The highest BCUT2D eigenvalue weighted by Crippen LogP contribution is 2.31. The Hall–Kier alpha value is -2.90. The molecule has 0 saturated heterocycles. The summed E-state index contributed by atoms with van der Waals surface area (Å²) in [6, 6.07) is 12.1. The summed E-state index contributed by atoms with van der Waals surface area (Å²) >= 11 is 1.68. The van der Waals surface area contributed by atoms with Crippen LogP contribution in [0.3, 0.4) is 0 Å². The lowest BCUT2D eigenvalue weighted by Gasteiger charge is -2.03. The van der Waals surface area contributed by atoms with Gasteiger partial charge in [-0.1, -0.05) is 0 Å². The van der Waals surface area contributed by atoms with Gasteiger partial charge in [0.25, 0.3) is 0 Å². The van der Waals surface area contributed by atoms with Gasteiger partial charge in [0.2, 0.25) is 0 Å². The van der Waals surface area contributed by atoms with Crippen LogP contribution >= 0.6 is 11.3 Å². The number of thiophene rings is 1. The van der Waals surface area contributed by atoms with E-state index >= 15 is 0 Å². The molecule has 3 nitrogen and oxygen atoms in total. The van der Waals surface area contributed by atoms with Crippen LogP contribution in [-0.2, 0) is 0 Å². The Labute approximate surface area is 131 Å². The Morgan fingerprint density at radius 2 is 1.95 bits per heavy atom. The molecule has 22 heavy (non-hydrogen) atoms. The average molecular weight is 301 g/mol. The predicted molar refractivity (Wildman–Crippen MR) is 89.6 cm³/mol. The Balaban J connectivity index is 1.89. The van der Waals surface area contributed by atoms with E-state index < -0.39 is 0 Å². The minimum Gasteiger partial charge on any atom is -0.361 e. The molecule has 1 aromatic carbocycles. The first-order valence-corrected chi connectivity index (χ1v) is 7.78. The van der Waals surface area contributed by atoms with E-state index in [0.717, 1.165) is 27.6 Å². The first kappa shape index (κ1) is 12.8. The maximum atomic E-state index is 9.09. The maximum absolute atomic E-state index is 9.09. The molecular weight excluding hydrogens is 290 g/mol. The molecule has 4 heteroatoms. The van der Waals surface area contributed by atoms with Crippen LogP contribution in [0.2, 0.25) is 0 Å². The molecule has 0 aliphatic rings. The molecule has 3 heterocycles. The zero-order valence-electron chi connectivity index (χ0n) is 11.6. The van der Waals surface area contributed by atoms with E-state index in [4.69, 9.17) is 5.26 Å². The van der Waals surface area contributed by atoms with Crippen molar-refractivity contribution >= 4 is 22.2 Å². The Kier molecular flexibility index (Phi) is 2.99. The maximum Gasteiger partial charge on any atom is 0.0991 e. The van der Waals surface area contributed by atoms with Crippen LogP contribution < -0.4 is 0 Å². The molecule has 0 aliphatic heterocycles. The molecule has 0 fully saturated rings. The van der Waals surface area contributed by atoms with E-state index in [9.17, 15) is 0 Å². The van der Waals surface area contributed by atoms with Gasteiger partial charge in [-0.05, 0) is 46.7 Å². The zero-order valence-corrected chi connectivity index (χ0v) is 12.4. The summed E-state index contributed by atoms with van der Waals surface area (Å²) in [6.45, 7) is 0. The first-order chi connectivity index (χ1) is 10.8. The van der Waals surface area contributed by atoms with Gasteiger partial charge in [0.05, 0.1) is 11.6 Å². The number of nitriles is 1. The van der Waals surface area contributed by atoms with Gasteiger partial charge >= 0.3 is 0 Å². The fourth-order valence-electron chi connectivity index (χ4n) is 2.60. The normalized spacial score (nSPS) is 10.7. The van der Waals surface area contributed by atoms with Crippen molar-refractivity contribution in [2.24, 2.45) is 0 Å². The Bertz CT molecular complexity index is 991. The highest BCUT2D eigenvalue weighted by molar-refractivity contribution is 7.08. The van der Waals surface area contributed by atoms with Crippen LogP contribution in [0.25, 0.3) is 33.2 Å². The number of rotatable bonds is 2. The molecule has 0 aliphatic carbocycles. The number of fused-ring (bicyclic) bond motifs is 1. The second-order valence-corrected chi connectivity index (χ2v) is 5.83. The minimum atomic E-state index is 0.662. The molecule has 3 aromatic heterocycles. The topological polar surface area (TPSA) is 52.5 Å². The number of H-pyrrole nitrogens is 1. The number of hydrogen-bond donors (Lipinski definition) is 1. The summed E-state index contributed by atoms with van der Waals surface area (Å²) in [5.74, 6) is 0. The second-order valence-electron chi connectivity index (χ2n) is 5.05. The van der Waals surface area contributed by atoms with Crippen LogP contribution in [0.15, 0.2) is 59.7 Å². The Morgan fingerprint density at radius 1 is 1.05 bits per heavy atom. The van der Waals surface area contributed by atoms with E-state index in [1.54, 1.807) is 11.3 Å². The SMILES string of the molecule is N#Cc1ccc2[nH]cc(-c3cncc(-c4ccsc4)c3)c2c1.